The van der Waals surface area contributed by atoms with Crippen LogP contribution in [-0.2, 0) is 12.8 Å². The topological polar surface area (TPSA) is 74.6 Å². The maximum Gasteiger partial charge on any atom is 0.336 e. The van der Waals surface area contributed by atoms with Gasteiger partial charge in [0.15, 0.2) is 0 Å². The van der Waals surface area contributed by atoms with Crippen molar-refractivity contribution in [1.29, 1.82) is 0 Å². The van der Waals surface area contributed by atoms with Gasteiger partial charge in [-0.2, -0.15) is 0 Å². The molecule has 0 spiro atoms. The molecule has 0 bridgehead atoms. The van der Waals surface area contributed by atoms with Gasteiger partial charge in [0.05, 0.1) is 11.1 Å². The number of hydrogen-bond donors (Lipinski definition) is 2. The molecule has 0 unspecified atom stereocenters. The summed E-state index contributed by atoms with van der Waals surface area (Å²) in [5, 5.41) is 17.1. The van der Waals surface area contributed by atoms with Crippen molar-refractivity contribution in [3.05, 3.63) is 95.6 Å². The van der Waals surface area contributed by atoms with Crippen LogP contribution in [0.3, 0.4) is 0 Å². The van der Waals surface area contributed by atoms with E-state index in [2.05, 4.69) is 38.3 Å². The smallest absolute Gasteiger partial charge is 0.336 e. The maximum atomic E-state index is 10.5. The molecule has 0 atom stereocenters. The molecule has 2 N–H and O–H groups in total. The Kier molecular flexibility index (Phi) is 7.87. The minimum atomic E-state index is -1.23. The fourth-order valence-corrected chi connectivity index (χ4v) is 2.25. The summed E-state index contributed by atoms with van der Waals surface area (Å²) in [5.41, 5.74) is 3.66. The monoisotopic (exact) mass is 338 g/mol. The number of carboxylic acid groups (broad SMARTS) is 2. The van der Waals surface area contributed by atoms with Crippen molar-refractivity contribution >= 4 is 11.9 Å². The zero-order valence-corrected chi connectivity index (χ0v) is 14.2. The lowest BCUT2D eigenvalue weighted by atomic mass is 10.0. The molecular weight excluding hydrogens is 316 g/mol. The van der Waals surface area contributed by atoms with E-state index in [0.29, 0.717) is 0 Å². The molecule has 0 aliphatic carbocycles. The lowest BCUT2D eigenvalue weighted by Crippen LogP contribution is -2.06. The van der Waals surface area contributed by atoms with Gasteiger partial charge in [-0.1, -0.05) is 42.5 Å². The summed E-state index contributed by atoms with van der Waals surface area (Å²) >= 11 is 0. The average molecular weight is 338 g/mol. The molecule has 25 heavy (non-hydrogen) atoms. The molecule has 0 radical (unpaired) electrons. The first-order valence-electron chi connectivity index (χ1n) is 7.76. The molecule has 2 aromatic carbocycles. The van der Waals surface area contributed by atoms with E-state index in [4.69, 9.17) is 10.2 Å². The molecule has 0 saturated heterocycles. The van der Waals surface area contributed by atoms with E-state index in [-0.39, 0.29) is 11.1 Å². The number of carbonyl (C=O) groups is 2. The third-order valence-corrected chi connectivity index (χ3v) is 3.55. The second-order valence-electron chi connectivity index (χ2n) is 5.40. The minimum absolute atomic E-state index is 0.190. The van der Waals surface area contributed by atoms with E-state index in [9.17, 15) is 9.59 Å². The lowest BCUT2D eigenvalue weighted by Gasteiger charge is -2.05. The van der Waals surface area contributed by atoms with Crippen LogP contribution in [0.1, 0.15) is 37.4 Å². The van der Waals surface area contributed by atoms with Gasteiger partial charge in [-0.25, -0.2) is 9.59 Å². The van der Waals surface area contributed by atoms with Crippen LogP contribution in [0.5, 0.6) is 0 Å². The number of hydrogen-bond acceptors (Lipinski definition) is 2. The van der Waals surface area contributed by atoms with Gasteiger partial charge in [-0.3, -0.25) is 0 Å². The van der Waals surface area contributed by atoms with Crippen molar-refractivity contribution in [3.63, 3.8) is 0 Å². The summed E-state index contributed by atoms with van der Waals surface area (Å²) in [7, 11) is 0. The predicted octanol–water partition coefficient (Wildman–Crippen LogP) is 4.54. The third-order valence-electron chi connectivity index (χ3n) is 3.55. The first-order chi connectivity index (χ1) is 11.9. The average Bonchev–Trinajstić information content (AvgIpc) is 2.59. The van der Waals surface area contributed by atoms with Crippen LogP contribution < -0.4 is 0 Å². The van der Waals surface area contributed by atoms with Crippen molar-refractivity contribution in [3.8, 4) is 0 Å². The molecule has 2 rings (SSSR count). The zero-order valence-electron chi connectivity index (χ0n) is 14.2. The lowest BCUT2D eigenvalue weighted by molar-refractivity contribution is 0.0651. The fourth-order valence-electron chi connectivity index (χ4n) is 2.25. The summed E-state index contributed by atoms with van der Waals surface area (Å²) < 4.78 is 0. The van der Waals surface area contributed by atoms with Crippen molar-refractivity contribution < 1.29 is 19.8 Å². The number of carboxylic acids is 2. The number of benzene rings is 2. The SMILES string of the molecule is C=CCc1ccc(C)c(CC=C)c1.O=C(O)c1ccccc1C(=O)O. The Morgan fingerprint density at radius 2 is 1.44 bits per heavy atom. The van der Waals surface area contributed by atoms with Gasteiger partial charge in [0, 0.05) is 0 Å². The molecule has 4 heteroatoms. The largest absolute Gasteiger partial charge is 0.478 e. The molecule has 2 aromatic rings. The van der Waals surface area contributed by atoms with Crippen LogP contribution in [0.15, 0.2) is 67.8 Å². The molecule has 0 amide bonds. The van der Waals surface area contributed by atoms with E-state index >= 15 is 0 Å². The van der Waals surface area contributed by atoms with E-state index in [1.807, 2.05) is 12.2 Å². The van der Waals surface area contributed by atoms with Crippen LogP contribution in [0.25, 0.3) is 0 Å². The molecule has 0 fully saturated rings. The molecule has 0 heterocycles. The van der Waals surface area contributed by atoms with Gasteiger partial charge in [0.2, 0.25) is 0 Å². The second kappa shape index (κ2) is 9.88. The maximum absolute atomic E-state index is 10.5. The van der Waals surface area contributed by atoms with Gasteiger partial charge >= 0.3 is 11.9 Å². The first kappa shape index (κ1) is 19.9. The van der Waals surface area contributed by atoms with Crippen molar-refractivity contribution in [2.24, 2.45) is 0 Å². The van der Waals surface area contributed by atoms with E-state index in [1.165, 1.54) is 41.0 Å². The highest BCUT2D eigenvalue weighted by Gasteiger charge is 2.13. The fraction of sp³-hybridized carbons (Fsp3) is 0.143. The van der Waals surface area contributed by atoms with Crippen molar-refractivity contribution in [2.45, 2.75) is 19.8 Å². The highest BCUT2D eigenvalue weighted by atomic mass is 16.4. The van der Waals surface area contributed by atoms with Gasteiger partial charge < -0.3 is 10.2 Å². The molecule has 4 nitrogen and oxygen atoms in total. The summed E-state index contributed by atoms with van der Waals surface area (Å²) in [6.07, 6.45) is 5.78. The van der Waals surface area contributed by atoms with Crippen molar-refractivity contribution in [2.75, 3.05) is 0 Å². The van der Waals surface area contributed by atoms with Gasteiger partial charge in [-0.15, -0.1) is 13.2 Å². The molecule has 0 aromatic heterocycles. The van der Waals surface area contributed by atoms with Crippen LogP contribution in [-0.4, -0.2) is 22.2 Å². The van der Waals surface area contributed by atoms with E-state index in [0.717, 1.165) is 12.8 Å². The Morgan fingerprint density at radius 1 is 0.920 bits per heavy atom. The van der Waals surface area contributed by atoms with Gasteiger partial charge in [0.25, 0.3) is 0 Å². The number of aryl methyl sites for hydroxylation is 1. The molecule has 130 valence electrons. The number of aromatic carboxylic acids is 2. The summed E-state index contributed by atoms with van der Waals surface area (Å²) in [6.45, 7) is 9.62. The Bertz CT molecular complexity index is 742. The Labute approximate surface area is 147 Å². The molecule has 0 saturated carbocycles. The minimum Gasteiger partial charge on any atom is -0.478 e. The normalized spacial score (nSPS) is 9.48. The Morgan fingerprint density at radius 3 is 1.88 bits per heavy atom. The van der Waals surface area contributed by atoms with Gasteiger partial charge in [0.1, 0.15) is 0 Å². The quantitative estimate of drug-likeness (QED) is 0.759. The standard InChI is InChI=1S/C13H16.C8H6O4/c1-4-6-12-9-8-11(3)13(10-12)7-5-2;9-7(10)5-3-1-2-4-6(5)8(11)12/h4-5,8-10H,1-2,6-7H2,3H3;1-4H,(H,9,10)(H,11,12). The summed E-state index contributed by atoms with van der Waals surface area (Å²) in [4.78, 5) is 20.9. The summed E-state index contributed by atoms with van der Waals surface area (Å²) in [5.74, 6) is -2.46. The first-order valence-corrected chi connectivity index (χ1v) is 7.76. The molecule has 0 aliphatic rings. The van der Waals surface area contributed by atoms with Crippen molar-refractivity contribution in [1.82, 2.24) is 0 Å². The van der Waals surface area contributed by atoms with Crippen LogP contribution in [0.2, 0.25) is 0 Å². The summed E-state index contributed by atoms with van der Waals surface area (Å²) in [6, 6.07) is 12.0. The Balaban J connectivity index is 0.000000251. The van der Waals surface area contributed by atoms with E-state index < -0.39 is 11.9 Å². The van der Waals surface area contributed by atoms with Crippen LogP contribution >= 0.6 is 0 Å². The van der Waals surface area contributed by atoms with Crippen LogP contribution in [0, 0.1) is 6.92 Å². The van der Waals surface area contributed by atoms with Gasteiger partial charge in [-0.05, 0) is 48.6 Å². The highest BCUT2D eigenvalue weighted by Crippen LogP contribution is 2.13. The highest BCUT2D eigenvalue weighted by molar-refractivity contribution is 6.01. The van der Waals surface area contributed by atoms with Crippen LogP contribution in [0.4, 0.5) is 0 Å². The van der Waals surface area contributed by atoms with E-state index in [1.54, 1.807) is 0 Å². The third kappa shape index (κ3) is 6.11. The number of allylic oxidation sites excluding steroid dienone is 2. The number of rotatable bonds is 6. The molecular formula is C21H22O4. The Hall–Kier alpha value is -3.14. The zero-order chi connectivity index (χ0) is 18.8. The second-order valence-corrected chi connectivity index (χ2v) is 5.40. The predicted molar refractivity (Wildman–Crippen MR) is 99.3 cm³/mol. The molecule has 0 aliphatic heterocycles.